The minimum atomic E-state index is -1.33. The maximum absolute atomic E-state index is 14.0. The lowest BCUT2D eigenvalue weighted by Gasteiger charge is -2.51. The zero-order chi connectivity index (χ0) is 36.0. The van der Waals surface area contributed by atoms with Gasteiger partial charge in [0.15, 0.2) is 0 Å². The molecule has 0 saturated carbocycles. The van der Waals surface area contributed by atoms with Crippen LogP contribution < -0.4 is 5.32 Å². The Morgan fingerprint density at radius 1 is 0.638 bits per heavy atom. The number of carbonyl (C=O) groups excluding carboxylic acids is 4. The quantitative estimate of drug-likeness (QED) is 0.164. The van der Waals surface area contributed by atoms with Crippen molar-refractivity contribution >= 4 is 24.2 Å². The van der Waals surface area contributed by atoms with Crippen molar-refractivity contribution in [3.63, 3.8) is 0 Å². The van der Waals surface area contributed by atoms with E-state index in [2.05, 4.69) is 5.32 Å². The number of ether oxygens (including phenoxy) is 3. The number of esters is 3. The maximum atomic E-state index is 14.0. The molecule has 12 nitrogen and oxygen atoms in total. The van der Waals surface area contributed by atoms with Gasteiger partial charge in [-0.05, 0) is 83.1 Å². The van der Waals surface area contributed by atoms with E-state index in [0.29, 0.717) is 44.8 Å². The van der Waals surface area contributed by atoms with E-state index in [1.54, 1.807) is 0 Å². The van der Waals surface area contributed by atoms with Crippen LogP contribution in [0.15, 0.2) is 0 Å². The molecule has 0 spiro atoms. The first-order chi connectivity index (χ1) is 21.2. The van der Waals surface area contributed by atoms with Gasteiger partial charge in [-0.3, -0.25) is 14.4 Å². The minimum absolute atomic E-state index is 0.318. The van der Waals surface area contributed by atoms with Gasteiger partial charge in [-0.2, -0.15) is 10.1 Å². The lowest BCUT2D eigenvalue weighted by atomic mass is 9.79. The molecule has 47 heavy (non-hydrogen) atoms. The average Bonchev–Trinajstić information content (AvgIpc) is 2.85. The van der Waals surface area contributed by atoms with Crippen molar-refractivity contribution in [1.82, 2.24) is 15.4 Å². The SMILES string of the molecule is CC1(C)CC(OC(=O)C(CC=O)C(CC(=O)OC2CC(C)(C)N(O)C(C)(C)C2)C(=O)OC2CC(C)(C)N(O)C(C)(C)C2)CC(C)(C)N1. The monoisotopic (exact) mass is 667 g/mol. The van der Waals surface area contributed by atoms with Gasteiger partial charge in [-0.25, -0.2) is 0 Å². The van der Waals surface area contributed by atoms with Crippen LogP contribution in [-0.2, 0) is 33.4 Å². The summed E-state index contributed by atoms with van der Waals surface area (Å²) in [5.74, 6) is -4.81. The number of piperidine rings is 3. The first kappa shape index (κ1) is 39.3. The summed E-state index contributed by atoms with van der Waals surface area (Å²) in [4.78, 5) is 53.4. The molecular weight excluding hydrogens is 606 g/mol. The molecule has 3 saturated heterocycles. The van der Waals surface area contributed by atoms with Crippen molar-refractivity contribution in [3.8, 4) is 0 Å². The Balaban J connectivity index is 1.88. The number of hydrogen-bond donors (Lipinski definition) is 3. The molecule has 270 valence electrons. The molecule has 3 N–H and O–H groups in total. The van der Waals surface area contributed by atoms with Gasteiger partial charge in [-0.1, -0.05) is 0 Å². The summed E-state index contributed by atoms with van der Waals surface area (Å²) in [5, 5.41) is 27.6. The normalized spacial score (nSPS) is 27.3. The summed E-state index contributed by atoms with van der Waals surface area (Å²) in [6, 6.07) is 0. The fraction of sp³-hybridized carbons (Fsp3) is 0.886. The fourth-order valence-electron chi connectivity index (χ4n) is 8.67. The van der Waals surface area contributed by atoms with Crippen molar-refractivity contribution in [2.24, 2.45) is 11.8 Å². The van der Waals surface area contributed by atoms with Crippen LogP contribution in [-0.4, -0.2) is 96.3 Å². The number of rotatable bonds is 10. The molecule has 3 rings (SSSR count). The van der Waals surface area contributed by atoms with Gasteiger partial charge in [0, 0.05) is 78.2 Å². The second-order valence-corrected chi connectivity index (χ2v) is 18.0. The molecule has 0 radical (unpaired) electrons. The highest BCUT2D eigenvalue weighted by Crippen LogP contribution is 2.40. The Labute approximate surface area is 281 Å². The summed E-state index contributed by atoms with van der Waals surface area (Å²) < 4.78 is 17.9. The van der Waals surface area contributed by atoms with E-state index >= 15 is 0 Å². The molecule has 3 heterocycles. The summed E-state index contributed by atoms with van der Waals surface area (Å²) in [6.45, 7) is 22.9. The Bertz CT molecular complexity index is 1130. The van der Waals surface area contributed by atoms with Crippen molar-refractivity contribution in [1.29, 1.82) is 0 Å². The maximum Gasteiger partial charge on any atom is 0.310 e. The highest BCUT2D eigenvalue weighted by Gasteiger charge is 2.50. The zero-order valence-corrected chi connectivity index (χ0v) is 30.8. The molecule has 12 heteroatoms. The summed E-state index contributed by atoms with van der Waals surface area (Å²) in [7, 11) is 0. The average molecular weight is 668 g/mol. The number of carbonyl (C=O) groups is 4. The van der Waals surface area contributed by atoms with Crippen LogP contribution >= 0.6 is 0 Å². The van der Waals surface area contributed by atoms with Crippen LogP contribution in [0.4, 0.5) is 0 Å². The highest BCUT2D eigenvalue weighted by molar-refractivity contribution is 5.87. The van der Waals surface area contributed by atoms with E-state index in [9.17, 15) is 29.6 Å². The van der Waals surface area contributed by atoms with Crippen molar-refractivity contribution in [3.05, 3.63) is 0 Å². The topological polar surface area (TPSA) is 155 Å². The van der Waals surface area contributed by atoms with Gasteiger partial charge < -0.3 is 34.7 Å². The molecule has 0 aliphatic carbocycles. The van der Waals surface area contributed by atoms with E-state index in [1.807, 2.05) is 83.1 Å². The van der Waals surface area contributed by atoms with E-state index in [1.165, 1.54) is 10.1 Å². The molecule has 0 aromatic carbocycles. The number of aldehydes is 1. The molecule has 3 fully saturated rings. The Morgan fingerprint density at radius 2 is 0.979 bits per heavy atom. The van der Waals surface area contributed by atoms with Gasteiger partial charge in [0.05, 0.1) is 18.3 Å². The minimum Gasteiger partial charge on any atom is -0.462 e. The third-order valence-electron chi connectivity index (χ3n) is 10.0. The molecule has 0 amide bonds. The van der Waals surface area contributed by atoms with E-state index < -0.39 is 76.6 Å². The molecular formula is C35H61N3O9. The molecule has 0 aromatic heterocycles. The molecule has 0 aromatic rings. The predicted octanol–water partition coefficient (Wildman–Crippen LogP) is 4.96. The highest BCUT2D eigenvalue weighted by atomic mass is 16.6. The standard InChI is InChI=1S/C35H61N3O9/c1-30(2)16-22(17-31(3,4)36-30)46-28(41)25(13-14-39)26(29(42)47-24-20-34(9,10)38(44)35(11,12)21-24)15-27(40)45-23-18-32(5,6)37(43)33(7,8)19-23/h14,22-26,36,43-44H,13,15-21H2,1-12H3. The Kier molecular flexibility index (Phi) is 11.4. The van der Waals surface area contributed by atoms with Gasteiger partial charge in [0.1, 0.15) is 24.6 Å². The third-order valence-corrected chi connectivity index (χ3v) is 10.0. The summed E-state index contributed by atoms with van der Waals surface area (Å²) in [5.41, 5.74) is -3.40. The summed E-state index contributed by atoms with van der Waals surface area (Å²) in [6.07, 6.45) is 0.559. The second-order valence-electron chi connectivity index (χ2n) is 18.0. The number of nitrogens with zero attached hydrogens (tertiary/aromatic N) is 2. The van der Waals surface area contributed by atoms with Gasteiger partial charge in [0.2, 0.25) is 0 Å². The first-order valence-corrected chi connectivity index (χ1v) is 17.0. The molecule has 3 aliphatic heterocycles. The van der Waals surface area contributed by atoms with Crippen LogP contribution in [0.5, 0.6) is 0 Å². The van der Waals surface area contributed by atoms with E-state index in [-0.39, 0.29) is 17.5 Å². The van der Waals surface area contributed by atoms with Gasteiger partial charge in [0.25, 0.3) is 0 Å². The van der Waals surface area contributed by atoms with E-state index in [4.69, 9.17) is 14.2 Å². The van der Waals surface area contributed by atoms with Crippen molar-refractivity contribution < 1.29 is 43.8 Å². The number of hydroxylamine groups is 4. The van der Waals surface area contributed by atoms with Crippen LogP contribution in [0.25, 0.3) is 0 Å². The van der Waals surface area contributed by atoms with Crippen LogP contribution in [0.3, 0.4) is 0 Å². The molecule has 2 atom stereocenters. The zero-order valence-electron chi connectivity index (χ0n) is 30.8. The van der Waals surface area contributed by atoms with Crippen LogP contribution in [0.2, 0.25) is 0 Å². The smallest absolute Gasteiger partial charge is 0.310 e. The Morgan fingerprint density at radius 3 is 1.36 bits per heavy atom. The Hall–Kier alpha value is -2.12. The van der Waals surface area contributed by atoms with E-state index in [0.717, 1.165) is 0 Å². The van der Waals surface area contributed by atoms with Gasteiger partial charge in [-0.15, -0.1) is 0 Å². The molecule has 3 aliphatic rings. The third kappa shape index (κ3) is 9.74. The fourth-order valence-corrected chi connectivity index (χ4v) is 8.67. The molecule has 2 unspecified atom stereocenters. The molecule has 0 bridgehead atoms. The summed E-state index contributed by atoms with van der Waals surface area (Å²) >= 11 is 0. The first-order valence-electron chi connectivity index (χ1n) is 17.0. The number of hydrogen-bond acceptors (Lipinski definition) is 12. The van der Waals surface area contributed by atoms with Crippen molar-refractivity contribution in [2.75, 3.05) is 0 Å². The lowest BCUT2D eigenvalue weighted by Crippen LogP contribution is -2.61. The predicted molar refractivity (Wildman–Crippen MR) is 174 cm³/mol. The van der Waals surface area contributed by atoms with Crippen molar-refractivity contribution in [2.45, 2.75) is 186 Å². The largest absolute Gasteiger partial charge is 0.462 e. The number of nitrogens with one attached hydrogen (secondary N) is 1. The van der Waals surface area contributed by atoms with Gasteiger partial charge >= 0.3 is 17.9 Å². The van der Waals surface area contributed by atoms with Crippen LogP contribution in [0, 0.1) is 11.8 Å². The van der Waals surface area contributed by atoms with Crippen LogP contribution in [0.1, 0.15) is 134 Å². The lowest BCUT2D eigenvalue weighted by molar-refractivity contribution is -0.261. The second kappa shape index (κ2) is 13.7.